The molecule has 0 saturated carbocycles. The molecule has 1 heterocycles. The van der Waals surface area contributed by atoms with E-state index in [4.69, 9.17) is 0 Å². The number of nitrogens with zero attached hydrogens (tertiary/aromatic N) is 2. The second-order valence-electron chi connectivity index (χ2n) is 6.89. The lowest BCUT2D eigenvalue weighted by atomic mass is 10.1. The molecule has 1 saturated heterocycles. The molecule has 3 nitrogen and oxygen atoms in total. The Morgan fingerprint density at radius 1 is 0.929 bits per heavy atom. The van der Waals surface area contributed by atoms with E-state index in [9.17, 15) is 18.0 Å². The molecular weight excluding hydrogens is 365 g/mol. The number of rotatable bonds is 4. The van der Waals surface area contributed by atoms with E-state index in [1.807, 2.05) is 18.2 Å². The molecule has 0 unspecified atom stereocenters. The van der Waals surface area contributed by atoms with Crippen LogP contribution in [0.4, 0.5) is 13.2 Å². The minimum Gasteiger partial charge on any atom is -0.338 e. The lowest BCUT2D eigenvalue weighted by molar-refractivity contribution is -0.137. The molecule has 0 aliphatic carbocycles. The fourth-order valence-electron chi connectivity index (χ4n) is 3.25. The van der Waals surface area contributed by atoms with Gasteiger partial charge < -0.3 is 4.90 Å². The lowest BCUT2D eigenvalue weighted by Crippen LogP contribution is -2.34. The van der Waals surface area contributed by atoms with Crippen molar-refractivity contribution in [3.8, 4) is 0 Å². The van der Waals surface area contributed by atoms with E-state index in [1.165, 1.54) is 23.8 Å². The molecule has 2 aromatic carbocycles. The Balaban J connectivity index is 1.54. The van der Waals surface area contributed by atoms with Gasteiger partial charge in [-0.05, 0) is 35.8 Å². The molecular formula is C22H23F3N2O. The molecule has 1 fully saturated rings. The Morgan fingerprint density at radius 2 is 1.64 bits per heavy atom. The Hall–Kier alpha value is -2.60. The highest BCUT2D eigenvalue weighted by Gasteiger charge is 2.29. The molecule has 1 aliphatic heterocycles. The smallest absolute Gasteiger partial charge is 0.338 e. The summed E-state index contributed by atoms with van der Waals surface area (Å²) in [4.78, 5) is 16.6. The second kappa shape index (κ2) is 9.06. The molecule has 28 heavy (non-hydrogen) atoms. The van der Waals surface area contributed by atoms with Gasteiger partial charge in [-0.1, -0.05) is 42.5 Å². The monoisotopic (exact) mass is 388 g/mol. The molecule has 2 aromatic rings. The zero-order valence-electron chi connectivity index (χ0n) is 15.5. The van der Waals surface area contributed by atoms with E-state index >= 15 is 0 Å². The van der Waals surface area contributed by atoms with E-state index in [0.717, 1.165) is 38.2 Å². The quantitative estimate of drug-likeness (QED) is 0.723. The summed E-state index contributed by atoms with van der Waals surface area (Å²) >= 11 is 0. The van der Waals surface area contributed by atoms with Crippen LogP contribution in [-0.2, 0) is 17.5 Å². The molecule has 0 atom stereocenters. The van der Waals surface area contributed by atoms with Crippen LogP contribution in [-0.4, -0.2) is 41.9 Å². The van der Waals surface area contributed by atoms with Crippen molar-refractivity contribution in [1.29, 1.82) is 0 Å². The third kappa shape index (κ3) is 5.70. The SMILES string of the molecule is O=C(/C=C/c1ccc(C(F)(F)F)cc1)N1CCCN(Cc2ccccc2)CC1. The van der Waals surface area contributed by atoms with Crippen molar-refractivity contribution in [2.24, 2.45) is 0 Å². The van der Waals surface area contributed by atoms with Gasteiger partial charge in [0.25, 0.3) is 0 Å². The van der Waals surface area contributed by atoms with Gasteiger partial charge >= 0.3 is 6.18 Å². The van der Waals surface area contributed by atoms with Crippen molar-refractivity contribution in [2.45, 2.75) is 19.1 Å². The highest BCUT2D eigenvalue weighted by Crippen LogP contribution is 2.29. The van der Waals surface area contributed by atoms with Gasteiger partial charge in [-0.15, -0.1) is 0 Å². The maximum atomic E-state index is 12.6. The van der Waals surface area contributed by atoms with Crippen molar-refractivity contribution >= 4 is 12.0 Å². The Bertz CT molecular complexity index is 801. The van der Waals surface area contributed by atoms with E-state index in [1.54, 1.807) is 11.0 Å². The highest BCUT2D eigenvalue weighted by molar-refractivity contribution is 5.91. The fraction of sp³-hybridized carbons (Fsp3) is 0.318. The van der Waals surface area contributed by atoms with Gasteiger partial charge in [-0.2, -0.15) is 13.2 Å². The average molecular weight is 388 g/mol. The van der Waals surface area contributed by atoms with Crippen LogP contribution < -0.4 is 0 Å². The van der Waals surface area contributed by atoms with Crippen LogP contribution in [0.5, 0.6) is 0 Å². The summed E-state index contributed by atoms with van der Waals surface area (Å²) in [5.41, 5.74) is 1.13. The van der Waals surface area contributed by atoms with E-state index in [-0.39, 0.29) is 5.91 Å². The van der Waals surface area contributed by atoms with Crippen LogP contribution in [0.2, 0.25) is 0 Å². The normalized spacial score (nSPS) is 16.3. The number of carbonyl (C=O) groups is 1. The average Bonchev–Trinajstić information content (AvgIpc) is 2.92. The minimum atomic E-state index is -4.35. The summed E-state index contributed by atoms with van der Waals surface area (Å²) < 4.78 is 37.8. The minimum absolute atomic E-state index is 0.110. The van der Waals surface area contributed by atoms with Crippen LogP contribution in [0.1, 0.15) is 23.1 Å². The van der Waals surface area contributed by atoms with Crippen LogP contribution in [0.15, 0.2) is 60.7 Å². The summed E-state index contributed by atoms with van der Waals surface area (Å²) in [6.45, 7) is 3.92. The largest absolute Gasteiger partial charge is 0.416 e. The standard InChI is InChI=1S/C22H23F3N2O/c23-22(24,25)20-10-7-18(8-11-20)9-12-21(28)27-14-4-13-26(15-16-27)17-19-5-2-1-3-6-19/h1-3,5-12H,4,13-17H2/b12-9+. The maximum absolute atomic E-state index is 12.6. The van der Waals surface area contributed by atoms with Crippen LogP contribution >= 0.6 is 0 Å². The first kappa shape index (κ1) is 20.1. The van der Waals surface area contributed by atoms with E-state index in [0.29, 0.717) is 18.7 Å². The molecule has 6 heteroatoms. The number of halogens is 3. The number of carbonyl (C=O) groups excluding carboxylic acids is 1. The van der Waals surface area contributed by atoms with Crippen LogP contribution in [0.25, 0.3) is 6.08 Å². The third-order valence-corrected chi connectivity index (χ3v) is 4.81. The van der Waals surface area contributed by atoms with Crippen LogP contribution in [0.3, 0.4) is 0 Å². The predicted octanol–water partition coefficient (Wildman–Crippen LogP) is 4.45. The van der Waals surface area contributed by atoms with Crippen molar-refractivity contribution < 1.29 is 18.0 Å². The lowest BCUT2D eigenvalue weighted by Gasteiger charge is -2.21. The Morgan fingerprint density at radius 3 is 2.32 bits per heavy atom. The number of benzene rings is 2. The van der Waals surface area contributed by atoms with Gasteiger partial charge in [-0.25, -0.2) is 0 Å². The van der Waals surface area contributed by atoms with Gasteiger partial charge in [0.1, 0.15) is 0 Å². The fourth-order valence-corrected chi connectivity index (χ4v) is 3.25. The van der Waals surface area contributed by atoms with Crippen molar-refractivity contribution in [2.75, 3.05) is 26.2 Å². The summed E-state index contributed by atoms with van der Waals surface area (Å²) in [6.07, 6.45) is -0.451. The Kier molecular flexibility index (Phi) is 6.52. The summed E-state index contributed by atoms with van der Waals surface area (Å²) in [5, 5.41) is 0. The molecule has 0 aromatic heterocycles. The number of hydrogen-bond donors (Lipinski definition) is 0. The van der Waals surface area contributed by atoms with Gasteiger partial charge in [0.15, 0.2) is 0 Å². The predicted molar refractivity (Wildman–Crippen MR) is 103 cm³/mol. The topological polar surface area (TPSA) is 23.6 Å². The maximum Gasteiger partial charge on any atom is 0.416 e. The summed E-state index contributed by atoms with van der Waals surface area (Å²) in [5.74, 6) is -0.110. The number of hydrogen-bond acceptors (Lipinski definition) is 2. The number of amides is 1. The van der Waals surface area contributed by atoms with E-state index in [2.05, 4.69) is 17.0 Å². The zero-order valence-corrected chi connectivity index (χ0v) is 15.5. The van der Waals surface area contributed by atoms with Crippen molar-refractivity contribution in [3.63, 3.8) is 0 Å². The van der Waals surface area contributed by atoms with Crippen molar-refractivity contribution in [1.82, 2.24) is 9.80 Å². The first-order valence-electron chi connectivity index (χ1n) is 9.32. The van der Waals surface area contributed by atoms with Gasteiger partial charge in [0.2, 0.25) is 5.91 Å². The zero-order chi connectivity index (χ0) is 20.0. The molecule has 0 radical (unpaired) electrons. The molecule has 3 rings (SSSR count). The highest BCUT2D eigenvalue weighted by atomic mass is 19.4. The molecule has 1 aliphatic rings. The third-order valence-electron chi connectivity index (χ3n) is 4.81. The summed E-state index contributed by atoms with van der Waals surface area (Å²) in [7, 11) is 0. The second-order valence-corrected chi connectivity index (χ2v) is 6.89. The van der Waals surface area contributed by atoms with Crippen LogP contribution in [0, 0.1) is 0 Å². The van der Waals surface area contributed by atoms with Crippen molar-refractivity contribution in [3.05, 3.63) is 77.4 Å². The first-order chi connectivity index (χ1) is 13.4. The first-order valence-corrected chi connectivity index (χ1v) is 9.32. The van der Waals surface area contributed by atoms with Gasteiger partial charge in [0, 0.05) is 38.8 Å². The molecule has 0 N–H and O–H groups in total. The van der Waals surface area contributed by atoms with Gasteiger partial charge in [0.05, 0.1) is 5.56 Å². The van der Waals surface area contributed by atoms with E-state index < -0.39 is 11.7 Å². The summed E-state index contributed by atoms with van der Waals surface area (Å²) in [6, 6.07) is 15.0. The molecule has 0 spiro atoms. The molecule has 1 amide bonds. The van der Waals surface area contributed by atoms with Gasteiger partial charge in [-0.3, -0.25) is 9.69 Å². The number of alkyl halides is 3. The Labute approximate surface area is 163 Å². The molecule has 0 bridgehead atoms. The molecule has 148 valence electrons.